The Morgan fingerprint density at radius 3 is 2.34 bits per heavy atom. The summed E-state index contributed by atoms with van der Waals surface area (Å²) in [5.74, 6) is 1.04. The molecule has 1 aromatic rings. The van der Waals surface area contributed by atoms with Crippen molar-refractivity contribution in [2.75, 3.05) is 6.54 Å². The molecule has 0 unspecified atom stereocenters. The number of nitrogens with one attached hydrogen (secondary N) is 1. The van der Waals surface area contributed by atoms with Crippen LogP contribution in [0.3, 0.4) is 0 Å². The number of aliphatic carboxylic acids is 1. The Morgan fingerprint density at radius 1 is 0.940 bits per heavy atom. The van der Waals surface area contributed by atoms with Crippen LogP contribution < -0.4 is 5.32 Å². The SMILES string of the molecule is CC(C)C1=C2[C@H]3CC[C@@H]4[C@@]5(C)CC[C@H](OC(=O)CC(C)(C)C(=O)O)C(C)(C)[C@@H]5CC[C@@]4(C)[C@]3(C)CC[C@@]2(CCNCc2ccccc2Cl)CC1. The summed E-state index contributed by atoms with van der Waals surface area (Å²) >= 11 is 6.49. The number of carbonyl (C=O) groups is 2. The number of esters is 1. The number of fused-ring (bicyclic) bond motifs is 7. The molecule has 8 atom stereocenters. The molecular formula is C44H66ClNO4. The summed E-state index contributed by atoms with van der Waals surface area (Å²) in [6, 6.07) is 8.21. The predicted octanol–water partition coefficient (Wildman–Crippen LogP) is 11.0. The van der Waals surface area contributed by atoms with E-state index < -0.39 is 11.4 Å². The molecule has 0 spiro atoms. The number of allylic oxidation sites excluding steroid dienone is 2. The Labute approximate surface area is 308 Å². The Bertz CT molecular complexity index is 1510. The van der Waals surface area contributed by atoms with Gasteiger partial charge < -0.3 is 15.2 Å². The van der Waals surface area contributed by atoms with E-state index in [2.05, 4.69) is 65.9 Å². The van der Waals surface area contributed by atoms with E-state index in [0.717, 1.165) is 31.0 Å². The highest BCUT2D eigenvalue weighted by Gasteiger charge is 2.69. The Hall–Kier alpha value is -1.85. The lowest BCUT2D eigenvalue weighted by molar-refractivity contribution is -0.233. The summed E-state index contributed by atoms with van der Waals surface area (Å²) in [5, 5.41) is 14.2. The van der Waals surface area contributed by atoms with Gasteiger partial charge in [0, 0.05) is 17.0 Å². The smallest absolute Gasteiger partial charge is 0.309 e. The minimum absolute atomic E-state index is 0.0928. The highest BCUT2D eigenvalue weighted by atomic mass is 35.5. The lowest BCUT2D eigenvalue weighted by Crippen LogP contribution is -2.65. The normalized spacial score (nSPS) is 37.8. The second kappa shape index (κ2) is 13.2. The molecule has 4 fully saturated rings. The van der Waals surface area contributed by atoms with Gasteiger partial charge in [0.25, 0.3) is 0 Å². The van der Waals surface area contributed by atoms with Crippen LogP contribution in [0, 0.1) is 56.2 Å². The topological polar surface area (TPSA) is 75.6 Å². The third kappa shape index (κ3) is 6.01. The molecule has 0 bridgehead atoms. The molecule has 5 aliphatic rings. The van der Waals surface area contributed by atoms with Gasteiger partial charge in [0.2, 0.25) is 0 Å². The maximum atomic E-state index is 13.1. The largest absolute Gasteiger partial charge is 0.481 e. The Balaban J connectivity index is 1.22. The zero-order valence-corrected chi connectivity index (χ0v) is 33.4. The maximum Gasteiger partial charge on any atom is 0.309 e. The van der Waals surface area contributed by atoms with Gasteiger partial charge in [0.05, 0.1) is 11.8 Å². The molecule has 0 radical (unpaired) electrons. The van der Waals surface area contributed by atoms with Crippen LogP contribution in [0.5, 0.6) is 0 Å². The average Bonchev–Trinajstić information content (AvgIpc) is 3.42. The fourth-order valence-electron chi connectivity index (χ4n) is 13.2. The quantitative estimate of drug-likeness (QED) is 0.144. The van der Waals surface area contributed by atoms with Crippen molar-refractivity contribution in [3.8, 4) is 0 Å². The molecule has 50 heavy (non-hydrogen) atoms. The fourth-order valence-corrected chi connectivity index (χ4v) is 13.4. The van der Waals surface area contributed by atoms with Crippen LogP contribution in [0.1, 0.15) is 145 Å². The maximum absolute atomic E-state index is 13.1. The number of carbonyl (C=O) groups excluding carboxylic acids is 1. The lowest BCUT2D eigenvalue weighted by atomic mass is 9.33. The van der Waals surface area contributed by atoms with E-state index in [0.29, 0.717) is 29.1 Å². The van der Waals surface area contributed by atoms with Crippen LogP contribution >= 0.6 is 11.6 Å². The van der Waals surface area contributed by atoms with Gasteiger partial charge in [-0.15, -0.1) is 0 Å². The summed E-state index contributed by atoms with van der Waals surface area (Å²) in [7, 11) is 0. The minimum Gasteiger partial charge on any atom is -0.481 e. The molecule has 0 saturated heterocycles. The molecule has 278 valence electrons. The van der Waals surface area contributed by atoms with Crippen molar-refractivity contribution in [1.82, 2.24) is 5.32 Å². The van der Waals surface area contributed by atoms with E-state index in [-0.39, 0.29) is 40.2 Å². The first-order chi connectivity index (χ1) is 23.3. The Morgan fingerprint density at radius 2 is 1.66 bits per heavy atom. The number of hydrogen-bond acceptors (Lipinski definition) is 4. The van der Waals surface area contributed by atoms with Crippen molar-refractivity contribution in [1.29, 1.82) is 0 Å². The number of benzene rings is 1. The van der Waals surface area contributed by atoms with Gasteiger partial charge in [0.1, 0.15) is 6.10 Å². The molecule has 1 aromatic carbocycles. The summed E-state index contributed by atoms with van der Waals surface area (Å²) in [4.78, 5) is 24.8. The monoisotopic (exact) mass is 707 g/mol. The minimum atomic E-state index is -1.13. The first-order valence-corrected chi connectivity index (χ1v) is 20.3. The summed E-state index contributed by atoms with van der Waals surface area (Å²) in [6.07, 6.45) is 13.1. The fraction of sp³-hybridized carbons (Fsp3) is 0.773. The van der Waals surface area contributed by atoms with E-state index in [4.69, 9.17) is 16.3 Å². The van der Waals surface area contributed by atoms with Crippen molar-refractivity contribution in [2.45, 2.75) is 152 Å². The third-order valence-corrected chi connectivity index (χ3v) is 16.6. The van der Waals surface area contributed by atoms with E-state index in [1.165, 1.54) is 63.4 Å². The highest BCUT2D eigenvalue weighted by Crippen LogP contribution is 2.77. The molecule has 0 amide bonds. The van der Waals surface area contributed by atoms with Crippen LogP contribution in [-0.4, -0.2) is 29.7 Å². The zero-order valence-electron chi connectivity index (χ0n) is 32.6. The van der Waals surface area contributed by atoms with Gasteiger partial charge in [-0.05, 0) is 148 Å². The first-order valence-electron chi connectivity index (χ1n) is 19.9. The molecule has 0 aliphatic heterocycles. The van der Waals surface area contributed by atoms with Crippen molar-refractivity contribution < 1.29 is 19.4 Å². The van der Waals surface area contributed by atoms with Crippen LogP contribution in [0.4, 0.5) is 0 Å². The number of hydrogen-bond donors (Lipinski definition) is 2. The van der Waals surface area contributed by atoms with Gasteiger partial charge in [-0.1, -0.05) is 89.4 Å². The Kier molecular flexibility index (Phi) is 10.0. The number of ether oxygens (including phenoxy) is 1. The molecular weight excluding hydrogens is 642 g/mol. The molecule has 6 heteroatoms. The number of halogens is 1. The lowest BCUT2D eigenvalue weighted by Gasteiger charge is -2.72. The standard InChI is InChI=1S/C44H66ClNO4/c1-28(2)30-16-21-44(24-25-46-27-29-12-10-11-13-32(29)45)23-22-42(8)31(37(30)44)14-15-34-41(7)19-18-35(50-36(47)26-39(3,4)38(48)49)40(5,6)33(41)17-20-43(34,42)9/h10-13,28,31,33-35,46H,14-27H2,1-9H3,(H,48,49)/t31-,33+,34-,35+,41+,42-,43-,44-/m1/s1. The van der Waals surface area contributed by atoms with Gasteiger partial charge in [-0.25, -0.2) is 0 Å². The summed E-state index contributed by atoms with van der Waals surface area (Å²) in [5.41, 5.74) is 4.60. The molecule has 2 N–H and O–H groups in total. The van der Waals surface area contributed by atoms with Crippen molar-refractivity contribution in [2.24, 2.45) is 56.2 Å². The summed E-state index contributed by atoms with van der Waals surface area (Å²) < 4.78 is 6.20. The van der Waals surface area contributed by atoms with Crippen LogP contribution in [-0.2, 0) is 20.9 Å². The molecule has 4 saturated carbocycles. The van der Waals surface area contributed by atoms with Gasteiger partial charge >= 0.3 is 11.9 Å². The van der Waals surface area contributed by atoms with Crippen LogP contribution in [0.15, 0.2) is 35.4 Å². The van der Waals surface area contributed by atoms with Gasteiger partial charge in [0.15, 0.2) is 0 Å². The third-order valence-electron chi connectivity index (χ3n) is 16.3. The van der Waals surface area contributed by atoms with Gasteiger partial charge in [-0.2, -0.15) is 0 Å². The highest BCUT2D eigenvalue weighted by molar-refractivity contribution is 6.31. The van der Waals surface area contributed by atoms with E-state index in [9.17, 15) is 14.7 Å². The first kappa shape index (κ1) is 37.9. The van der Waals surface area contributed by atoms with Crippen molar-refractivity contribution in [3.05, 3.63) is 46.0 Å². The second-order valence-electron chi connectivity index (χ2n) is 19.7. The molecule has 6 rings (SSSR count). The summed E-state index contributed by atoms with van der Waals surface area (Å²) in [6.45, 7) is 22.6. The van der Waals surface area contributed by atoms with Crippen molar-refractivity contribution >= 4 is 23.5 Å². The number of carboxylic acid groups (broad SMARTS) is 1. The number of rotatable bonds is 10. The zero-order chi connectivity index (χ0) is 36.5. The number of carboxylic acids is 1. The van der Waals surface area contributed by atoms with Crippen molar-refractivity contribution in [3.63, 3.8) is 0 Å². The van der Waals surface area contributed by atoms with E-state index in [1.807, 2.05) is 17.7 Å². The van der Waals surface area contributed by atoms with E-state index in [1.54, 1.807) is 19.4 Å². The van der Waals surface area contributed by atoms with E-state index >= 15 is 0 Å². The molecule has 0 heterocycles. The second-order valence-corrected chi connectivity index (χ2v) is 20.1. The van der Waals surface area contributed by atoms with Crippen LogP contribution in [0.25, 0.3) is 0 Å². The molecule has 5 nitrogen and oxygen atoms in total. The average molecular weight is 708 g/mol. The molecule has 5 aliphatic carbocycles. The van der Waals surface area contributed by atoms with Gasteiger partial charge in [-0.3, -0.25) is 9.59 Å². The van der Waals surface area contributed by atoms with Crippen LogP contribution in [0.2, 0.25) is 5.02 Å². The predicted molar refractivity (Wildman–Crippen MR) is 203 cm³/mol. The molecule has 0 aromatic heterocycles.